The van der Waals surface area contributed by atoms with Crippen molar-refractivity contribution in [1.29, 1.82) is 0 Å². The lowest BCUT2D eigenvalue weighted by Gasteiger charge is -2.49. The predicted molar refractivity (Wildman–Crippen MR) is 81.4 cm³/mol. The topological polar surface area (TPSA) is 124 Å². The van der Waals surface area contributed by atoms with Gasteiger partial charge in [0, 0.05) is 12.2 Å². The van der Waals surface area contributed by atoms with E-state index in [1.165, 1.54) is 16.7 Å². The van der Waals surface area contributed by atoms with E-state index < -0.39 is 41.1 Å². The van der Waals surface area contributed by atoms with Crippen LogP contribution in [0.1, 0.15) is 26.7 Å². The number of hydrogen-bond acceptors (Lipinski definition) is 5. The van der Waals surface area contributed by atoms with Crippen LogP contribution in [0.5, 0.6) is 0 Å². The highest BCUT2D eigenvalue weighted by Crippen LogP contribution is 2.40. The lowest BCUT2D eigenvalue weighted by molar-refractivity contribution is -0.151. The van der Waals surface area contributed by atoms with Crippen molar-refractivity contribution in [1.82, 2.24) is 10.2 Å². The molecule has 2 rings (SSSR count). The lowest BCUT2D eigenvalue weighted by atomic mass is 10.00. The zero-order valence-corrected chi connectivity index (χ0v) is 13.6. The monoisotopic (exact) mass is 342 g/mol. The Morgan fingerprint density at radius 2 is 2.04 bits per heavy atom. The minimum atomic E-state index is -1.16. The molecule has 0 saturated carbocycles. The van der Waals surface area contributed by atoms with Crippen LogP contribution >= 0.6 is 11.8 Å². The summed E-state index contributed by atoms with van der Waals surface area (Å²) in [6.07, 6.45) is 0.115. The second-order valence-corrected chi connectivity index (χ2v) is 6.64. The van der Waals surface area contributed by atoms with Crippen LogP contribution in [0.3, 0.4) is 0 Å². The molecule has 126 valence electrons. The van der Waals surface area contributed by atoms with Gasteiger partial charge in [-0.1, -0.05) is 6.92 Å². The van der Waals surface area contributed by atoms with Crippen LogP contribution in [-0.4, -0.2) is 56.0 Å². The number of aliphatic carboxylic acids is 2. The number of carbonyl (C=O) groups excluding carboxylic acids is 2. The van der Waals surface area contributed by atoms with Crippen molar-refractivity contribution in [3.8, 4) is 0 Å². The van der Waals surface area contributed by atoms with Crippen LogP contribution in [0.25, 0.3) is 0 Å². The maximum absolute atomic E-state index is 12.2. The first-order valence-electron chi connectivity index (χ1n) is 7.17. The Hall–Kier alpha value is -2.03. The summed E-state index contributed by atoms with van der Waals surface area (Å²) >= 11 is 1.38. The van der Waals surface area contributed by atoms with Gasteiger partial charge in [-0.2, -0.15) is 0 Å². The number of carbonyl (C=O) groups is 4. The molecule has 2 heterocycles. The highest BCUT2D eigenvalue weighted by Gasteiger charge is 2.53. The Balaban J connectivity index is 2.03. The molecule has 0 aromatic rings. The Labute approximate surface area is 136 Å². The summed E-state index contributed by atoms with van der Waals surface area (Å²) in [5.41, 5.74) is 0.579. The van der Waals surface area contributed by atoms with Gasteiger partial charge in [-0.05, 0) is 18.9 Å². The van der Waals surface area contributed by atoms with Gasteiger partial charge in [0.2, 0.25) is 5.91 Å². The number of nitrogens with zero attached hydrogens (tertiary/aromatic N) is 1. The van der Waals surface area contributed by atoms with Crippen molar-refractivity contribution < 1.29 is 29.4 Å². The van der Waals surface area contributed by atoms with Crippen LogP contribution in [0, 0.1) is 5.92 Å². The van der Waals surface area contributed by atoms with Gasteiger partial charge < -0.3 is 15.5 Å². The Bertz CT molecular complexity index is 602. The van der Waals surface area contributed by atoms with Crippen LogP contribution < -0.4 is 5.32 Å². The molecule has 0 radical (unpaired) electrons. The minimum Gasteiger partial charge on any atom is -0.481 e. The summed E-state index contributed by atoms with van der Waals surface area (Å²) in [5, 5.41) is 20.3. The fourth-order valence-corrected chi connectivity index (χ4v) is 3.93. The number of fused-ring (bicyclic) bond motifs is 1. The Kier molecular flexibility index (Phi) is 4.98. The zero-order valence-electron chi connectivity index (χ0n) is 12.7. The van der Waals surface area contributed by atoms with Crippen LogP contribution in [0.4, 0.5) is 0 Å². The first-order valence-corrected chi connectivity index (χ1v) is 8.22. The van der Waals surface area contributed by atoms with E-state index in [0.29, 0.717) is 17.7 Å². The van der Waals surface area contributed by atoms with E-state index in [2.05, 4.69) is 5.32 Å². The van der Waals surface area contributed by atoms with E-state index in [-0.39, 0.29) is 12.1 Å². The zero-order chi connectivity index (χ0) is 17.3. The molecule has 2 aliphatic rings. The molecule has 0 aromatic heterocycles. The van der Waals surface area contributed by atoms with E-state index in [1.807, 2.05) is 0 Å². The number of nitrogens with one attached hydrogen (secondary N) is 1. The van der Waals surface area contributed by atoms with E-state index in [9.17, 15) is 24.3 Å². The maximum Gasteiger partial charge on any atom is 0.352 e. The highest BCUT2D eigenvalue weighted by molar-refractivity contribution is 8.00. The van der Waals surface area contributed by atoms with Crippen molar-refractivity contribution in [3.63, 3.8) is 0 Å². The summed E-state index contributed by atoms with van der Waals surface area (Å²) in [4.78, 5) is 47.5. The number of amides is 2. The molecular weight excluding hydrogens is 324 g/mol. The highest BCUT2D eigenvalue weighted by atomic mass is 32.2. The molecule has 0 aromatic carbocycles. The molecular formula is C14H18N2O6S. The molecule has 3 atom stereocenters. The van der Waals surface area contributed by atoms with Gasteiger partial charge in [0.15, 0.2) is 0 Å². The molecule has 0 bridgehead atoms. The van der Waals surface area contributed by atoms with Gasteiger partial charge in [0.25, 0.3) is 5.91 Å². The Morgan fingerprint density at radius 3 is 2.57 bits per heavy atom. The molecule has 2 aliphatic heterocycles. The minimum absolute atomic E-state index is 0.0266. The summed E-state index contributed by atoms with van der Waals surface area (Å²) in [5.74, 6) is -3.53. The van der Waals surface area contributed by atoms with Crippen molar-refractivity contribution >= 4 is 35.5 Å². The molecule has 8 nitrogen and oxygen atoms in total. The summed E-state index contributed by atoms with van der Waals surface area (Å²) in [6, 6.07) is -0.804. The average Bonchev–Trinajstić information content (AvgIpc) is 2.49. The van der Waals surface area contributed by atoms with E-state index in [4.69, 9.17) is 5.11 Å². The fourth-order valence-electron chi connectivity index (χ4n) is 2.64. The second kappa shape index (κ2) is 6.61. The Morgan fingerprint density at radius 1 is 1.39 bits per heavy atom. The van der Waals surface area contributed by atoms with E-state index in [0.717, 1.165) is 0 Å². The normalized spacial score (nSPS) is 24.6. The summed E-state index contributed by atoms with van der Waals surface area (Å²) < 4.78 is 0. The third-order valence-corrected chi connectivity index (χ3v) is 5.38. The largest absolute Gasteiger partial charge is 0.481 e. The molecule has 9 heteroatoms. The number of β-lactam (4-membered cyclic amide) rings is 1. The molecule has 23 heavy (non-hydrogen) atoms. The first kappa shape index (κ1) is 17.3. The lowest BCUT2D eigenvalue weighted by Crippen LogP contribution is -2.70. The first-order chi connectivity index (χ1) is 10.8. The standard InChI is InChI=1S/C14H18N2O6S/c1-3-7(13(19)20)4-8(17)15-9-11(18)16-10(14(21)22)6(2)5-23-12(9)16/h7,9,12H,3-5H2,1-2H3,(H,15,17)(H,19,20)(H,21,22)/t7?,9?,12-/m0/s1. The number of hydrogen-bond donors (Lipinski definition) is 3. The fraction of sp³-hybridized carbons (Fsp3) is 0.571. The molecule has 1 fully saturated rings. The van der Waals surface area contributed by atoms with Crippen LogP contribution in [0.2, 0.25) is 0 Å². The van der Waals surface area contributed by atoms with Crippen molar-refractivity contribution in [2.24, 2.45) is 5.92 Å². The van der Waals surface area contributed by atoms with E-state index >= 15 is 0 Å². The number of carboxylic acid groups (broad SMARTS) is 2. The number of thioether (sulfide) groups is 1. The molecule has 0 aliphatic carbocycles. The third-order valence-electron chi connectivity index (χ3n) is 3.95. The van der Waals surface area contributed by atoms with Gasteiger partial charge in [0.1, 0.15) is 17.1 Å². The van der Waals surface area contributed by atoms with Crippen LogP contribution in [0.15, 0.2) is 11.3 Å². The molecule has 1 saturated heterocycles. The second-order valence-electron chi connectivity index (χ2n) is 5.54. The van der Waals surface area contributed by atoms with Crippen molar-refractivity contribution in [3.05, 3.63) is 11.3 Å². The van der Waals surface area contributed by atoms with Gasteiger partial charge in [-0.3, -0.25) is 19.3 Å². The van der Waals surface area contributed by atoms with Gasteiger partial charge in [-0.15, -0.1) is 11.8 Å². The summed E-state index contributed by atoms with van der Waals surface area (Å²) in [6.45, 7) is 3.33. The average molecular weight is 342 g/mol. The van der Waals surface area contributed by atoms with E-state index in [1.54, 1.807) is 13.8 Å². The van der Waals surface area contributed by atoms with Crippen molar-refractivity contribution in [2.75, 3.05) is 5.75 Å². The van der Waals surface area contributed by atoms with Crippen LogP contribution in [-0.2, 0) is 19.2 Å². The SMILES string of the molecule is CCC(CC(=O)NC1C(=O)N2C(C(=O)O)=C(C)CS[C@@H]12)C(=O)O. The molecule has 2 unspecified atom stereocenters. The summed E-state index contributed by atoms with van der Waals surface area (Å²) in [7, 11) is 0. The van der Waals surface area contributed by atoms with Gasteiger partial charge in [-0.25, -0.2) is 4.79 Å². The quantitative estimate of drug-likeness (QED) is 0.591. The maximum atomic E-state index is 12.2. The predicted octanol–water partition coefficient (Wildman–Crippen LogP) is 0.246. The third kappa shape index (κ3) is 3.19. The molecule has 2 amide bonds. The van der Waals surface area contributed by atoms with Gasteiger partial charge >= 0.3 is 11.9 Å². The number of rotatable bonds is 6. The van der Waals surface area contributed by atoms with Crippen molar-refractivity contribution in [2.45, 2.75) is 38.1 Å². The molecule has 0 spiro atoms. The molecule has 3 N–H and O–H groups in total. The smallest absolute Gasteiger partial charge is 0.352 e. The number of carboxylic acids is 2. The van der Waals surface area contributed by atoms with Gasteiger partial charge in [0.05, 0.1) is 5.92 Å².